The summed E-state index contributed by atoms with van der Waals surface area (Å²) in [6, 6.07) is 6.23. The first-order valence-electron chi connectivity index (χ1n) is 6.63. The minimum atomic E-state index is 0.184. The number of amides is 1. The van der Waals surface area contributed by atoms with Gasteiger partial charge >= 0.3 is 0 Å². The predicted octanol–water partition coefficient (Wildman–Crippen LogP) is 1.44. The summed E-state index contributed by atoms with van der Waals surface area (Å²) in [6.07, 6.45) is 0.579. The minimum Gasteiger partial charge on any atom is -0.340 e. The molecule has 0 saturated carbocycles. The number of carbonyl (C=O) groups excluding carboxylic acids is 1. The Morgan fingerprint density at radius 1 is 1.58 bits per heavy atom. The van der Waals surface area contributed by atoms with Crippen LogP contribution in [0.1, 0.15) is 17.8 Å². The van der Waals surface area contributed by atoms with Crippen LogP contribution in [0.5, 0.6) is 0 Å². The van der Waals surface area contributed by atoms with E-state index in [1.807, 2.05) is 43.9 Å². The van der Waals surface area contributed by atoms with E-state index in [4.69, 9.17) is 0 Å². The molecule has 1 aliphatic rings. The Kier molecular flexibility index (Phi) is 5.22. The van der Waals surface area contributed by atoms with Gasteiger partial charge in [-0.3, -0.25) is 9.78 Å². The molecular weight excluding hydrogens is 258 g/mol. The molecule has 1 fully saturated rings. The van der Waals surface area contributed by atoms with Crippen molar-refractivity contribution in [3.63, 3.8) is 0 Å². The van der Waals surface area contributed by atoms with Crippen molar-refractivity contribution in [2.45, 2.75) is 25.9 Å². The molecule has 5 heteroatoms. The molecule has 1 amide bonds. The summed E-state index contributed by atoms with van der Waals surface area (Å²) in [6.45, 7) is 3.56. The second-order valence-electron chi connectivity index (χ2n) is 4.95. The van der Waals surface area contributed by atoms with Gasteiger partial charge in [-0.25, -0.2) is 0 Å². The fourth-order valence-corrected chi connectivity index (χ4v) is 3.09. The average molecular weight is 279 g/mol. The van der Waals surface area contributed by atoms with Crippen molar-refractivity contribution in [2.75, 3.05) is 25.1 Å². The third-order valence-corrected chi connectivity index (χ3v) is 4.32. The lowest BCUT2D eigenvalue weighted by atomic mass is 10.2. The number of aromatic nitrogens is 1. The zero-order valence-electron chi connectivity index (χ0n) is 11.6. The summed E-state index contributed by atoms with van der Waals surface area (Å²) in [5.74, 6) is 2.36. The van der Waals surface area contributed by atoms with Gasteiger partial charge in [0.2, 0.25) is 5.91 Å². The second-order valence-corrected chi connectivity index (χ2v) is 6.10. The molecule has 1 saturated heterocycles. The molecule has 0 aromatic carbocycles. The van der Waals surface area contributed by atoms with Crippen molar-refractivity contribution >= 4 is 17.7 Å². The van der Waals surface area contributed by atoms with Gasteiger partial charge in [0.1, 0.15) is 0 Å². The molecule has 104 valence electrons. The average Bonchev–Trinajstić information content (AvgIpc) is 2.40. The SMILES string of the molecule is Cc1cccc(CN(C)C(=O)CC2CSCCN2)n1. The summed E-state index contributed by atoms with van der Waals surface area (Å²) >= 11 is 1.92. The fourth-order valence-electron chi connectivity index (χ4n) is 2.14. The largest absolute Gasteiger partial charge is 0.340 e. The maximum atomic E-state index is 12.1. The normalized spacial score (nSPS) is 19.2. The summed E-state index contributed by atoms with van der Waals surface area (Å²) in [5.41, 5.74) is 1.94. The molecule has 0 aliphatic carbocycles. The molecule has 2 rings (SSSR count). The Hall–Kier alpha value is -1.07. The van der Waals surface area contributed by atoms with Gasteiger partial charge in [-0.1, -0.05) is 6.07 Å². The molecule has 1 aromatic heterocycles. The molecule has 1 N–H and O–H groups in total. The van der Waals surface area contributed by atoms with Crippen LogP contribution < -0.4 is 5.32 Å². The number of hydrogen-bond donors (Lipinski definition) is 1. The van der Waals surface area contributed by atoms with Gasteiger partial charge in [0.25, 0.3) is 0 Å². The molecule has 19 heavy (non-hydrogen) atoms. The smallest absolute Gasteiger partial charge is 0.224 e. The maximum absolute atomic E-state index is 12.1. The van der Waals surface area contributed by atoms with Crippen LogP contribution in [0.25, 0.3) is 0 Å². The first-order chi connectivity index (χ1) is 9.15. The zero-order valence-corrected chi connectivity index (χ0v) is 12.4. The highest BCUT2D eigenvalue weighted by Gasteiger charge is 2.19. The molecular formula is C14H21N3OS. The number of hydrogen-bond acceptors (Lipinski definition) is 4. The number of nitrogens with one attached hydrogen (secondary N) is 1. The van der Waals surface area contributed by atoms with E-state index in [9.17, 15) is 4.79 Å². The van der Waals surface area contributed by atoms with Gasteiger partial charge in [-0.2, -0.15) is 11.8 Å². The van der Waals surface area contributed by atoms with E-state index in [1.165, 1.54) is 0 Å². The third kappa shape index (κ3) is 4.51. The molecule has 4 nitrogen and oxygen atoms in total. The zero-order chi connectivity index (χ0) is 13.7. The lowest BCUT2D eigenvalue weighted by molar-refractivity contribution is -0.130. The molecule has 0 bridgehead atoms. The lowest BCUT2D eigenvalue weighted by Crippen LogP contribution is -2.41. The van der Waals surface area contributed by atoms with Gasteiger partial charge in [0.05, 0.1) is 12.2 Å². The van der Waals surface area contributed by atoms with E-state index in [0.717, 1.165) is 29.4 Å². The lowest BCUT2D eigenvalue weighted by Gasteiger charge is -2.25. The van der Waals surface area contributed by atoms with Gasteiger partial charge in [-0.15, -0.1) is 0 Å². The molecule has 1 atom stereocenters. The van der Waals surface area contributed by atoms with Gasteiger partial charge in [-0.05, 0) is 19.1 Å². The molecule has 0 radical (unpaired) electrons. The monoisotopic (exact) mass is 279 g/mol. The van der Waals surface area contributed by atoms with Crippen LogP contribution >= 0.6 is 11.8 Å². The van der Waals surface area contributed by atoms with Crippen molar-refractivity contribution in [3.8, 4) is 0 Å². The minimum absolute atomic E-state index is 0.184. The standard InChI is InChI=1S/C14H21N3OS/c1-11-4-3-5-12(16-11)9-17(2)14(18)8-13-10-19-7-6-15-13/h3-5,13,15H,6-10H2,1-2H3. The van der Waals surface area contributed by atoms with E-state index < -0.39 is 0 Å². The van der Waals surface area contributed by atoms with E-state index in [-0.39, 0.29) is 5.91 Å². The van der Waals surface area contributed by atoms with Crippen LogP contribution in [0.4, 0.5) is 0 Å². The number of carbonyl (C=O) groups is 1. The van der Waals surface area contributed by atoms with Gasteiger partial charge in [0, 0.05) is 43.3 Å². The van der Waals surface area contributed by atoms with Crippen LogP contribution in [0.15, 0.2) is 18.2 Å². The number of aryl methyl sites for hydroxylation is 1. The van der Waals surface area contributed by atoms with Crippen molar-refractivity contribution < 1.29 is 4.79 Å². The van der Waals surface area contributed by atoms with Crippen LogP contribution in [0, 0.1) is 6.92 Å². The third-order valence-electron chi connectivity index (χ3n) is 3.19. The van der Waals surface area contributed by atoms with E-state index >= 15 is 0 Å². The quantitative estimate of drug-likeness (QED) is 0.906. The topological polar surface area (TPSA) is 45.2 Å². The summed E-state index contributed by atoms with van der Waals surface area (Å²) < 4.78 is 0. The Morgan fingerprint density at radius 2 is 2.42 bits per heavy atom. The van der Waals surface area contributed by atoms with Gasteiger partial charge in [0.15, 0.2) is 0 Å². The van der Waals surface area contributed by atoms with E-state index in [0.29, 0.717) is 19.0 Å². The highest BCUT2D eigenvalue weighted by molar-refractivity contribution is 7.99. The number of nitrogens with zero attached hydrogens (tertiary/aromatic N) is 2. The van der Waals surface area contributed by atoms with Crippen molar-refractivity contribution in [1.82, 2.24) is 15.2 Å². The van der Waals surface area contributed by atoms with Gasteiger partial charge < -0.3 is 10.2 Å². The Morgan fingerprint density at radius 3 is 3.11 bits per heavy atom. The van der Waals surface area contributed by atoms with Crippen LogP contribution in [-0.2, 0) is 11.3 Å². The first-order valence-corrected chi connectivity index (χ1v) is 7.78. The first kappa shape index (κ1) is 14.3. The Labute approximate surface area is 119 Å². The Bertz CT molecular complexity index is 432. The Balaban J connectivity index is 1.84. The molecule has 0 spiro atoms. The second kappa shape index (κ2) is 6.91. The molecule has 1 aromatic rings. The van der Waals surface area contributed by atoms with E-state index in [1.54, 1.807) is 4.90 Å². The highest BCUT2D eigenvalue weighted by atomic mass is 32.2. The summed E-state index contributed by atoms with van der Waals surface area (Å²) in [4.78, 5) is 18.3. The fraction of sp³-hybridized carbons (Fsp3) is 0.571. The molecule has 1 aliphatic heterocycles. The summed E-state index contributed by atoms with van der Waals surface area (Å²) in [5, 5.41) is 3.39. The highest BCUT2D eigenvalue weighted by Crippen LogP contribution is 2.12. The van der Waals surface area contributed by atoms with Crippen LogP contribution in [-0.4, -0.2) is 46.9 Å². The molecule has 1 unspecified atom stereocenters. The maximum Gasteiger partial charge on any atom is 0.224 e. The van der Waals surface area contributed by atoms with Crippen molar-refractivity contribution in [2.24, 2.45) is 0 Å². The predicted molar refractivity (Wildman–Crippen MR) is 79.2 cm³/mol. The number of pyridine rings is 1. The number of thioether (sulfide) groups is 1. The number of rotatable bonds is 4. The molecule has 2 heterocycles. The van der Waals surface area contributed by atoms with Crippen LogP contribution in [0.3, 0.4) is 0 Å². The van der Waals surface area contributed by atoms with E-state index in [2.05, 4.69) is 10.3 Å². The van der Waals surface area contributed by atoms with Crippen LogP contribution in [0.2, 0.25) is 0 Å². The summed E-state index contributed by atoms with van der Waals surface area (Å²) in [7, 11) is 1.85. The van der Waals surface area contributed by atoms with Crippen molar-refractivity contribution in [3.05, 3.63) is 29.6 Å². The van der Waals surface area contributed by atoms with Crippen molar-refractivity contribution in [1.29, 1.82) is 0 Å².